The van der Waals surface area contributed by atoms with Crippen molar-refractivity contribution in [2.45, 2.75) is 6.42 Å². The van der Waals surface area contributed by atoms with Crippen molar-refractivity contribution in [3.8, 4) is 5.75 Å². The fourth-order valence-corrected chi connectivity index (χ4v) is 3.20. The first-order valence-corrected chi connectivity index (χ1v) is 8.92. The van der Waals surface area contributed by atoms with Gasteiger partial charge in [-0.25, -0.2) is 9.78 Å². The average Bonchev–Trinajstić information content (AvgIpc) is 3.15. The summed E-state index contributed by atoms with van der Waals surface area (Å²) in [6.07, 6.45) is 0.416. The molecule has 2 aromatic heterocycles. The maximum atomic E-state index is 12.5. The number of rotatable bonds is 4. The third-order valence-corrected chi connectivity index (χ3v) is 4.86. The Hall–Kier alpha value is -3.94. The van der Waals surface area contributed by atoms with Gasteiger partial charge in [-0.3, -0.25) is 18.7 Å². The molecule has 0 aliphatic carbocycles. The van der Waals surface area contributed by atoms with Gasteiger partial charge in [-0.15, -0.1) is 0 Å². The number of nitrogens with one attached hydrogen (secondary N) is 1. The molecule has 4 rings (SSSR count). The van der Waals surface area contributed by atoms with Crippen molar-refractivity contribution in [1.29, 1.82) is 0 Å². The van der Waals surface area contributed by atoms with Crippen molar-refractivity contribution >= 4 is 16.9 Å². The van der Waals surface area contributed by atoms with E-state index < -0.39 is 11.2 Å². The summed E-state index contributed by atoms with van der Waals surface area (Å²) in [6.45, 7) is 0. The van der Waals surface area contributed by atoms with Gasteiger partial charge in [0.15, 0.2) is 11.4 Å². The Morgan fingerprint density at radius 1 is 0.966 bits per heavy atom. The molecule has 2 N–H and O–H groups in total. The molecule has 0 aliphatic rings. The lowest BCUT2D eigenvalue weighted by Gasteiger charge is -2.03. The molecule has 29 heavy (non-hydrogen) atoms. The number of aromatic nitrogens is 4. The molecule has 0 unspecified atom stereocenters. The van der Waals surface area contributed by atoms with Gasteiger partial charge >= 0.3 is 5.69 Å². The molecular formula is C21H18N4O4. The molecule has 0 amide bonds. The highest BCUT2D eigenvalue weighted by molar-refractivity contribution is 6.09. The van der Waals surface area contributed by atoms with Gasteiger partial charge in [-0.05, 0) is 29.8 Å². The summed E-state index contributed by atoms with van der Waals surface area (Å²) in [5.41, 5.74) is 1.66. The van der Waals surface area contributed by atoms with E-state index in [0.717, 1.165) is 10.1 Å². The minimum Gasteiger partial charge on any atom is -0.508 e. The van der Waals surface area contributed by atoms with Crippen LogP contribution in [-0.2, 0) is 20.5 Å². The van der Waals surface area contributed by atoms with Crippen molar-refractivity contribution in [2.24, 2.45) is 14.1 Å². The number of nitrogens with zero attached hydrogens (tertiary/aromatic N) is 3. The van der Waals surface area contributed by atoms with Gasteiger partial charge < -0.3 is 10.1 Å². The maximum Gasteiger partial charge on any atom is 0.332 e. The van der Waals surface area contributed by atoms with E-state index in [4.69, 9.17) is 0 Å². The van der Waals surface area contributed by atoms with Gasteiger partial charge in [0.1, 0.15) is 17.1 Å². The number of carbonyl (C=O) groups is 1. The zero-order valence-corrected chi connectivity index (χ0v) is 15.8. The van der Waals surface area contributed by atoms with Gasteiger partial charge in [0.25, 0.3) is 5.56 Å². The van der Waals surface area contributed by atoms with E-state index in [1.165, 1.54) is 23.7 Å². The first-order chi connectivity index (χ1) is 13.8. The number of carbonyl (C=O) groups excluding carboxylic acids is 1. The number of fused-ring (bicyclic) bond motifs is 1. The molecule has 0 atom stereocenters. The van der Waals surface area contributed by atoms with Crippen LogP contribution in [0.2, 0.25) is 0 Å². The second kappa shape index (κ2) is 6.90. The van der Waals surface area contributed by atoms with E-state index in [9.17, 15) is 19.5 Å². The number of imidazole rings is 1. The minimum atomic E-state index is -0.433. The average molecular weight is 390 g/mol. The molecule has 0 aliphatic heterocycles. The summed E-state index contributed by atoms with van der Waals surface area (Å²) in [5, 5.41) is 9.34. The molecule has 4 aromatic rings. The van der Waals surface area contributed by atoms with Crippen LogP contribution in [0.25, 0.3) is 11.2 Å². The van der Waals surface area contributed by atoms with E-state index in [1.54, 1.807) is 31.3 Å². The molecule has 0 saturated carbocycles. The van der Waals surface area contributed by atoms with Crippen LogP contribution in [0.4, 0.5) is 0 Å². The zero-order valence-electron chi connectivity index (χ0n) is 15.8. The lowest BCUT2D eigenvalue weighted by atomic mass is 10.0. The number of aryl methyl sites for hydroxylation is 1. The molecule has 0 bridgehead atoms. The molecular weight excluding hydrogens is 372 g/mol. The molecule has 0 fully saturated rings. The molecule has 146 valence electrons. The minimum absolute atomic E-state index is 0.107. The van der Waals surface area contributed by atoms with Crippen LogP contribution in [0, 0.1) is 0 Å². The summed E-state index contributed by atoms with van der Waals surface area (Å²) in [5.74, 6) is 0.518. The number of H-pyrrole nitrogens is 1. The lowest BCUT2D eigenvalue weighted by Crippen LogP contribution is -2.36. The fourth-order valence-electron chi connectivity index (χ4n) is 3.20. The topological polar surface area (TPSA) is 110 Å². The van der Waals surface area contributed by atoms with Crippen LogP contribution in [0.1, 0.15) is 27.3 Å². The summed E-state index contributed by atoms with van der Waals surface area (Å²) in [6, 6.07) is 13.2. The van der Waals surface area contributed by atoms with Crippen LogP contribution >= 0.6 is 0 Å². The van der Waals surface area contributed by atoms with E-state index in [1.807, 2.05) is 12.1 Å². The Morgan fingerprint density at radius 2 is 1.55 bits per heavy atom. The number of ketones is 1. The largest absolute Gasteiger partial charge is 0.508 e. The number of phenolic OH excluding ortho intramolecular Hbond substituents is 1. The van der Waals surface area contributed by atoms with Gasteiger partial charge in [0.05, 0.1) is 0 Å². The number of hydrogen-bond donors (Lipinski definition) is 2. The smallest absolute Gasteiger partial charge is 0.332 e. The highest BCUT2D eigenvalue weighted by Gasteiger charge is 2.14. The highest BCUT2D eigenvalue weighted by Crippen LogP contribution is 2.16. The van der Waals surface area contributed by atoms with E-state index in [-0.39, 0.29) is 17.0 Å². The van der Waals surface area contributed by atoms with Crippen LogP contribution in [0.5, 0.6) is 5.75 Å². The summed E-state index contributed by atoms with van der Waals surface area (Å²) in [4.78, 5) is 44.2. The monoisotopic (exact) mass is 390 g/mol. The highest BCUT2D eigenvalue weighted by atomic mass is 16.3. The van der Waals surface area contributed by atoms with Crippen LogP contribution in [0.15, 0.2) is 58.1 Å². The Kier molecular flexibility index (Phi) is 4.38. The fraction of sp³-hybridized carbons (Fsp3) is 0.143. The normalized spacial score (nSPS) is 11.1. The molecule has 8 heteroatoms. The predicted molar refractivity (Wildman–Crippen MR) is 107 cm³/mol. The number of aromatic hydroxyl groups is 1. The van der Waals surface area contributed by atoms with Gasteiger partial charge in [0.2, 0.25) is 0 Å². The van der Waals surface area contributed by atoms with E-state index >= 15 is 0 Å². The Morgan fingerprint density at radius 3 is 2.17 bits per heavy atom. The first kappa shape index (κ1) is 18.4. The second-order valence-corrected chi connectivity index (χ2v) is 6.84. The third kappa shape index (κ3) is 3.25. The number of phenols is 1. The predicted octanol–water partition coefficient (Wildman–Crippen LogP) is 1.49. The van der Waals surface area contributed by atoms with Crippen molar-refractivity contribution < 1.29 is 9.90 Å². The molecule has 0 saturated heterocycles. The van der Waals surface area contributed by atoms with Gasteiger partial charge in [-0.2, -0.15) is 0 Å². The van der Waals surface area contributed by atoms with E-state index in [2.05, 4.69) is 9.97 Å². The van der Waals surface area contributed by atoms with Crippen molar-refractivity contribution in [1.82, 2.24) is 19.1 Å². The summed E-state index contributed by atoms with van der Waals surface area (Å²) in [7, 11) is 2.99. The zero-order chi connectivity index (χ0) is 20.7. The standard InChI is InChI=1S/C21H18N4O4/c1-24-19-17(20(28)25(2)21(24)29)22-16(23-19)11-12-3-5-13(6-4-12)18(27)14-7-9-15(26)10-8-14/h3-10,26H,11H2,1-2H3,(H,22,23). The first-order valence-electron chi connectivity index (χ1n) is 8.92. The van der Waals surface area contributed by atoms with Crippen molar-refractivity contribution in [3.05, 3.63) is 91.9 Å². The number of hydrogen-bond acceptors (Lipinski definition) is 5. The lowest BCUT2D eigenvalue weighted by molar-refractivity contribution is 0.103. The summed E-state index contributed by atoms with van der Waals surface area (Å²) >= 11 is 0. The Bertz CT molecular complexity index is 1340. The molecule has 0 spiro atoms. The molecule has 2 aromatic carbocycles. The van der Waals surface area contributed by atoms with Crippen LogP contribution in [0.3, 0.4) is 0 Å². The number of aromatic amines is 1. The van der Waals surface area contributed by atoms with Gasteiger partial charge in [-0.1, -0.05) is 24.3 Å². The third-order valence-electron chi connectivity index (χ3n) is 4.86. The van der Waals surface area contributed by atoms with Crippen LogP contribution in [-0.4, -0.2) is 30.0 Å². The quantitative estimate of drug-likeness (QED) is 0.513. The number of benzene rings is 2. The van der Waals surface area contributed by atoms with Gasteiger partial charge in [0, 0.05) is 31.6 Å². The van der Waals surface area contributed by atoms with Crippen molar-refractivity contribution in [2.75, 3.05) is 0 Å². The second-order valence-electron chi connectivity index (χ2n) is 6.84. The Labute approximate surface area is 164 Å². The molecule has 8 nitrogen and oxygen atoms in total. The molecule has 0 radical (unpaired) electrons. The van der Waals surface area contributed by atoms with E-state index in [0.29, 0.717) is 29.0 Å². The van der Waals surface area contributed by atoms with Crippen molar-refractivity contribution in [3.63, 3.8) is 0 Å². The Balaban J connectivity index is 1.61. The maximum absolute atomic E-state index is 12.5. The molecule has 2 heterocycles. The van der Waals surface area contributed by atoms with Crippen LogP contribution < -0.4 is 11.2 Å². The summed E-state index contributed by atoms with van der Waals surface area (Å²) < 4.78 is 2.37. The SMILES string of the molecule is Cn1c(=O)c2[nH]c(Cc3ccc(C(=O)c4ccc(O)cc4)cc3)nc2n(C)c1=O.